The quantitative estimate of drug-likeness (QED) is 0.817. The molecule has 0 radical (unpaired) electrons. The highest BCUT2D eigenvalue weighted by molar-refractivity contribution is 14.1. The lowest BCUT2D eigenvalue weighted by atomic mass is 10.2. The number of hydrogen-bond acceptors (Lipinski definition) is 3. The Balaban J connectivity index is 1.82. The summed E-state index contributed by atoms with van der Waals surface area (Å²) in [7, 11) is 4.08. The molecule has 4 heteroatoms. The first kappa shape index (κ1) is 12.6. The van der Waals surface area contributed by atoms with E-state index >= 15 is 0 Å². The molecule has 1 atom stereocenters. The van der Waals surface area contributed by atoms with Gasteiger partial charge >= 0.3 is 0 Å². The molecule has 19 heavy (non-hydrogen) atoms. The van der Waals surface area contributed by atoms with Crippen molar-refractivity contribution >= 4 is 34.0 Å². The molecule has 0 saturated heterocycles. The van der Waals surface area contributed by atoms with Gasteiger partial charge in [0.1, 0.15) is 5.75 Å². The van der Waals surface area contributed by atoms with Crippen molar-refractivity contribution in [3.05, 3.63) is 51.6 Å². The maximum absolute atomic E-state index is 5.94. The summed E-state index contributed by atoms with van der Waals surface area (Å²) in [6.07, 6.45) is -0.0931. The lowest BCUT2D eigenvalue weighted by Crippen LogP contribution is -2.11. The van der Waals surface area contributed by atoms with Crippen molar-refractivity contribution < 1.29 is 4.74 Å². The number of benzene rings is 2. The molecule has 1 heterocycles. The fourth-order valence-electron chi connectivity index (χ4n) is 2.11. The van der Waals surface area contributed by atoms with Gasteiger partial charge in [-0.1, -0.05) is 12.1 Å². The number of anilines is 2. The van der Waals surface area contributed by atoms with E-state index in [0.29, 0.717) is 0 Å². The average Bonchev–Trinajstić information content (AvgIpc) is 2.81. The van der Waals surface area contributed by atoms with E-state index in [4.69, 9.17) is 4.74 Å². The predicted molar refractivity (Wildman–Crippen MR) is 86.9 cm³/mol. The van der Waals surface area contributed by atoms with Crippen molar-refractivity contribution in [2.45, 2.75) is 6.23 Å². The molecule has 0 aromatic heterocycles. The van der Waals surface area contributed by atoms with E-state index in [0.717, 1.165) is 17.0 Å². The molecule has 0 amide bonds. The van der Waals surface area contributed by atoms with E-state index in [1.807, 2.05) is 14.1 Å². The monoisotopic (exact) mass is 366 g/mol. The van der Waals surface area contributed by atoms with Crippen LogP contribution in [0.3, 0.4) is 0 Å². The Morgan fingerprint density at radius 1 is 1.11 bits per heavy atom. The second kappa shape index (κ2) is 4.92. The lowest BCUT2D eigenvalue weighted by Gasteiger charge is -2.15. The van der Waals surface area contributed by atoms with Crippen molar-refractivity contribution in [2.75, 3.05) is 24.3 Å². The van der Waals surface area contributed by atoms with Crippen LogP contribution in [0.1, 0.15) is 11.8 Å². The van der Waals surface area contributed by atoms with Crippen LogP contribution in [0.2, 0.25) is 0 Å². The van der Waals surface area contributed by atoms with E-state index < -0.39 is 0 Å². The maximum atomic E-state index is 5.94. The van der Waals surface area contributed by atoms with Crippen molar-refractivity contribution in [3.8, 4) is 5.75 Å². The van der Waals surface area contributed by atoms with Gasteiger partial charge in [0.15, 0.2) is 6.23 Å². The van der Waals surface area contributed by atoms with Crippen molar-refractivity contribution in [3.63, 3.8) is 0 Å². The molecule has 3 nitrogen and oxygen atoms in total. The summed E-state index contributed by atoms with van der Waals surface area (Å²) in [6, 6.07) is 14.6. The second-order valence-corrected chi connectivity index (χ2v) is 6.01. The van der Waals surface area contributed by atoms with E-state index in [1.54, 1.807) is 0 Å². The number of hydrogen-bond donors (Lipinski definition) is 1. The number of nitrogens with zero attached hydrogens (tertiary/aromatic N) is 1. The molecule has 3 rings (SSSR count). The number of fused-ring (bicyclic) bond motifs is 1. The average molecular weight is 366 g/mol. The first-order valence-corrected chi connectivity index (χ1v) is 7.21. The molecule has 0 aliphatic carbocycles. The smallest absolute Gasteiger partial charge is 0.196 e. The van der Waals surface area contributed by atoms with Gasteiger partial charge in [-0.25, -0.2) is 0 Å². The number of rotatable bonds is 2. The number of halogens is 1. The molecule has 98 valence electrons. The summed E-state index contributed by atoms with van der Waals surface area (Å²) in [5, 5.41) is 3.39. The van der Waals surface area contributed by atoms with Gasteiger partial charge in [-0.15, -0.1) is 0 Å². The van der Waals surface area contributed by atoms with Crippen LogP contribution >= 0.6 is 22.6 Å². The molecule has 1 aliphatic heterocycles. The molecule has 1 aliphatic rings. The van der Waals surface area contributed by atoms with Crippen LogP contribution in [0.15, 0.2) is 42.5 Å². The molecule has 0 spiro atoms. The van der Waals surface area contributed by atoms with Gasteiger partial charge in [-0.2, -0.15) is 0 Å². The Kier molecular flexibility index (Phi) is 3.26. The molecule has 0 saturated carbocycles. The van der Waals surface area contributed by atoms with Gasteiger partial charge in [-0.3, -0.25) is 0 Å². The minimum absolute atomic E-state index is 0.0931. The van der Waals surface area contributed by atoms with Crippen molar-refractivity contribution in [1.82, 2.24) is 0 Å². The van der Waals surface area contributed by atoms with Crippen LogP contribution in [0.25, 0.3) is 0 Å². The largest absolute Gasteiger partial charge is 0.464 e. The van der Waals surface area contributed by atoms with Gasteiger partial charge in [-0.05, 0) is 52.9 Å². The van der Waals surface area contributed by atoms with Crippen LogP contribution in [0, 0.1) is 3.57 Å². The number of nitrogens with one attached hydrogen (secondary N) is 1. The summed E-state index contributed by atoms with van der Waals surface area (Å²) in [5.74, 6) is 0.925. The molecule has 1 unspecified atom stereocenters. The highest BCUT2D eigenvalue weighted by Crippen LogP contribution is 2.38. The Hall–Kier alpha value is -1.43. The van der Waals surface area contributed by atoms with Crippen molar-refractivity contribution in [1.29, 1.82) is 0 Å². The number of ether oxygens (including phenoxy) is 1. The molecule has 1 N–H and O–H groups in total. The summed E-state index contributed by atoms with van der Waals surface area (Å²) in [4.78, 5) is 2.09. The minimum Gasteiger partial charge on any atom is -0.464 e. The minimum atomic E-state index is -0.0931. The van der Waals surface area contributed by atoms with E-state index in [9.17, 15) is 0 Å². The molecule has 2 aromatic rings. The first-order chi connectivity index (χ1) is 9.13. The van der Waals surface area contributed by atoms with Crippen LogP contribution in [0.5, 0.6) is 5.75 Å². The molecular weight excluding hydrogens is 351 g/mol. The van der Waals surface area contributed by atoms with Crippen LogP contribution < -0.4 is 15.0 Å². The second-order valence-electron chi connectivity index (χ2n) is 4.77. The summed E-state index contributed by atoms with van der Waals surface area (Å²) in [6.45, 7) is 0. The SMILES string of the molecule is CN(C)c1ccc(C2Nc3ccc(I)cc3O2)cc1. The van der Waals surface area contributed by atoms with Gasteiger partial charge in [0.25, 0.3) is 0 Å². The van der Waals surface area contributed by atoms with Crippen LogP contribution in [0.4, 0.5) is 11.4 Å². The highest BCUT2D eigenvalue weighted by atomic mass is 127. The Labute approximate surface area is 126 Å². The Morgan fingerprint density at radius 2 is 1.84 bits per heavy atom. The Bertz CT molecular complexity index is 596. The normalized spacial score (nSPS) is 16.5. The van der Waals surface area contributed by atoms with Crippen LogP contribution in [-0.4, -0.2) is 14.1 Å². The third-order valence-corrected chi connectivity index (χ3v) is 3.86. The van der Waals surface area contributed by atoms with E-state index in [1.165, 1.54) is 9.26 Å². The van der Waals surface area contributed by atoms with E-state index in [2.05, 4.69) is 75.3 Å². The zero-order valence-corrected chi connectivity index (χ0v) is 13.0. The third kappa shape index (κ3) is 2.49. The standard InChI is InChI=1S/C15H15IN2O/c1-18(2)12-6-3-10(4-7-12)15-17-13-8-5-11(16)9-14(13)19-15/h3-9,15,17H,1-2H3. The van der Waals surface area contributed by atoms with Gasteiger partial charge < -0.3 is 15.0 Å². The lowest BCUT2D eigenvalue weighted by molar-refractivity contribution is 0.259. The van der Waals surface area contributed by atoms with Gasteiger partial charge in [0, 0.05) is 28.9 Å². The zero-order valence-electron chi connectivity index (χ0n) is 10.9. The fraction of sp³-hybridized carbons (Fsp3) is 0.200. The first-order valence-electron chi connectivity index (χ1n) is 6.13. The molecule has 2 aromatic carbocycles. The zero-order chi connectivity index (χ0) is 13.4. The van der Waals surface area contributed by atoms with Crippen molar-refractivity contribution in [2.24, 2.45) is 0 Å². The van der Waals surface area contributed by atoms with Gasteiger partial charge in [0.2, 0.25) is 0 Å². The Morgan fingerprint density at radius 3 is 2.53 bits per heavy atom. The summed E-state index contributed by atoms with van der Waals surface area (Å²) < 4.78 is 7.13. The molecular formula is C15H15IN2O. The van der Waals surface area contributed by atoms with E-state index in [-0.39, 0.29) is 6.23 Å². The summed E-state index contributed by atoms with van der Waals surface area (Å²) >= 11 is 2.29. The summed E-state index contributed by atoms with van der Waals surface area (Å²) in [5.41, 5.74) is 3.38. The van der Waals surface area contributed by atoms with Crippen LogP contribution in [-0.2, 0) is 0 Å². The highest BCUT2D eigenvalue weighted by Gasteiger charge is 2.23. The third-order valence-electron chi connectivity index (χ3n) is 3.19. The predicted octanol–water partition coefficient (Wildman–Crippen LogP) is 3.86. The molecule has 0 bridgehead atoms. The molecule has 0 fully saturated rings. The van der Waals surface area contributed by atoms with Gasteiger partial charge in [0.05, 0.1) is 5.69 Å². The maximum Gasteiger partial charge on any atom is 0.196 e. The topological polar surface area (TPSA) is 24.5 Å². The fourth-order valence-corrected chi connectivity index (χ4v) is 2.57.